The van der Waals surface area contributed by atoms with Gasteiger partial charge < -0.3 is 9.53 Å². The molecule has 1 atom stereocenters. The van der Waals surface area contributed by atoms with E-state index < -0.39 is 20.4 Å². The minimum Gasteiger partial charge on any atom is -0.481 e. The predicted octanol–water partition coefficient (Wildman–Crippen LogP) is 2.27. The molecular weight excluding hydrogens is 208 g/mol. The molecule has 0 amide bonds. The van der Waals surface area contributed by atoms with Crippen molar-refractivity contribution >= 4 is 15.0 Å². The van der Waals surface area contributed by atoms with Crippen molar-refractivity contribution in [3.63, 3.8) is 0 Å². The SMILES string of the molecule is C[SiH](C)OC(C(C)(C)C)C1(C(=O)O)CC1. The van der Waals surface area contributed by atoms with E-state index >= 15 is 0 Å². The second kappa shape index (κ2) is 3.90. The van der Waals surface area contributed by atoms with E-state index in [1.807, 2.05) is 0 Å². The van der Waals surface area contributed by atoms with E-state index in [0.29, 0.717) is 0 Å². The topological polar surface area (TPSA) is 46.5 Å². The maximum Gasteiger partial charge on any atom is 0.312 e. The zero-order valence-electron chi connectivity index (χ0n) is 10.3. The summed E-state index contributed by atoms with van der Waals surface area (Å²) < 4.78 is 5.96. The summed E-state index contributed by atoms with van der Waals surface area (Å²) in [4.78, 5) is 11.3. The summed E-state index contributed by atoms with van der Waals surface area (Å²) in [6.07, 6.45) is 1.41. The molecule has 0 saturated heterocycles. The Morgan fingerprint density at radius 2 is 1.87 bits per heavy atom. The summed E-state index contributed by atoms with van der Waals surface area (Å²) in [7, 11) is -1.19. The van der Waals surface area contributed by atoms with E-state index in [2.05, 4.69) is 33.9 Å². The average molecular weight is 230 g/mol. The van der Waals surface area contributed by atoms with Gasteiger partial charge in [-0.3, -0.25) is 4.79 Å². The fourth-order valence-electron chi connectivity index (χ4n) is 2.16. The quantitative estimate of drug-likeness (QED) is 0.754. The first-order valence-corrected chi connectivity index (χ1v) is 8.37. The lowest BCUT2D eigenvalue weighted by Gasteiger charge is -2.37. The van der Waals surface area contributed by atoms with Crippen molar-refractivity contribution in [2.75, 3.05) is 0 Å². The Kier molecular flexibility index (Phi) is 3.31. The van der Waals surface area contributed by atoms with Crippen LogP contribution in [0.5, 0.6) is 0 Å². The van der Waals surface area contributed by atoms with Crippen LogP contribution in [-0.2, 0) is 9.22 Å². The fourth-order valence-corrected chi connectivity index (χ4v) is 3.37. The highest BCUT2D eigenvalue weighted by molar-refractivity contribution is 6.48. The molecule has 0 bridgehead atoms. The lowest BCUT2D eigenvalue weighted by Crippen LogP contribution is -2.44. The molecule has 4 heteroatoms. The molecule has 1 rings (SSSR count). The highest BCUT2D eigenvalue weighted by Crippen LogP contribution is 2.55. The van der Waals surface area contributed by atoms with Crippen molar-refractivity contribution in [3.8, 4) is 0 Å². The van der Waals surface area contributed by atoms with Gasteiger partial charge in [-0.2, -0.15) is 0 Å². The van der Waals surface area contributed by atoms with Crippen molar-refractivity contribution in [1.82, 2.24) is 0 Å². The first-order chi connectivity index (χ1) is 6.70. The first kappa shape index (κ1) is 12.7. The number of hydrogen-bond donors (Lipinski definition) is 1. The van der Waals surface area contributed by atoms with Gasteiger partial charge in [-0.05, 0) is 31.4 Å². The minimum absolute atomic E-state index is 0.0911. The van der Waals surface area contributed by atoms with E-state index in [1.54, 1.807) is 0 Å². The van der Waals surface area contributed by atoms with Gasteiger partial charge in [0.2, 0.25) is 0 Å². The number of hydrogen-bond acceptors (Lipinski definition) is 2. The largest absolute Gasteiger partial charge is 0.481 e. The molecule has 15 heavy (non-hydrogen) atoms. The molecule has 0 aromatic carbocycles. The van der Waals surface area contributed by atoms with Gasteiger partial charge in [0, 0.05) is 0 Å². The van der Waals surface area contributed by atoms with Gasteiger partial charge in [-0.25, -0.2) is 0 Å². The van der Waals surface area contributed by atoms with Gasteiger partial charge in [0.15, 0.2) is 9.04 Å². The third-order valence-electron chi connectivity index (χ3n) is 2.91. The minimum atomic E-state index is -1.19. The van der Waals surface area contributed by atoms with Gasteiger partial charge >= 0.3 is 5.97 Å². The molecule has 0 radical (unpaired) electrons. The summed E-state index contributed by atoms with van der Waals surface area (Å²) in [5, 5.41) is 9.29. The molecule has 1 saturated carbocycles. The van der Waals surface area contributed by atoms with Crippen LogP contribution in [-0.4, -0.2) is 26.2 Å². The van der Waals surface area contributed by atoms with Crippen LogP contribution in [0.3, 0.4) is 0 Å². The Hall–Kier alpha value is -0.353. The van der Waals surface area contributed by atoms with Gasteiger partial charge in [0.1, 0.15) is 0 Å². The monoisotopic (exact) mass is 230 g/mol. The Morgan fingerprint density at radius 3 is 2.07 bits per heavy atom. The molecule has 0 heterocycles. The van der Waals surface area contributed by atoms with Crippen molar-refractivity contribution < 1.29 is 14.3 Å². The van der Waals surface area contributed by atoms with Crippen LogP contribution < -0.4 is 0 Å². The lowest BCUT2D eigenvalue weighted by atomic mass is 9.79. The highest BCUT2D eigenvalue weighted by atomic mass is 28.3. The third-order valence-corrected chi connectivity index (χ3v) is 3.73. The predicted molar refractivity (Wildman–Crippen MR) is 62.5 cm³/mol. The molecular formula is C11H22O3Si. The Balaban J connectivity index is 2.87. The normalized spacial score (nSPS) is 21.5. The number of carbonyl (C=O) groups is 1. The summed E-state index contributed by atoms with van der Waals surface area (Å²) in [6, 6.07) is 0. The lowest BCUT2D eigenvalue weighted by molar-refractivity contribution is -0.150. The van der Waals surface area contributed by atoms with Crippen LogP contribution in [0.2, 0.25) is 13.1 Å². The first-order valence-electron chi connectivity index (χ1n) is 5.59. The van der Waals surface area contributed by atoms with Crippen molar-refractivity contribution in [2.24, 2.45) is 10.8 Å². The molecule has 1 N–H and O–H groups in total. The molecule has 0 aromatic heterocycles. The van der Waals surface area contributed by atoms with Crippen LogP contribution in [0, 0.1) is 10.8 Å². The maximum absolute atomic E-state index is 11.3. The van der Waals surface area contributed by atoms with Gasteiger partial charge in [0.05, 0.1) is 11.5 Å². The van der Waals surface area contributed by atoms with Gasteiger partial charge in [-0.15, -0.1) is 0 Å². The Labute approximate surface area is 93.6 Å². The number of carboxylic acid groups (broad SMARTS) is 1. The molecule has 1 fully saturated rings. The standard InChI is InChI=1S/C11H22O3Si/c1-10(2,3)8(14-15(4)5)11(6-7-11)9(12)13/h8,15H,6-7H2,1-5H3,(H,12,13). The van der Waals surface area contributed by atoms with E-state index in [4.69, 9.17) is 4.43 Å². The number of rotatable bonds is 4. The maximum atomic E-state index is 11.3. The Bertz CT molecular complexity index is 251. The summed E-state index contributed by atoms with van der Waals surface area (Å²) in [6.45, 7) is 10.4. The number of carboxylic acids is 1. The van der Waals surface area contributed by atoms with E-state index in [9.17, 15) is 9.90 Å². The van der Waals surface area contributed by atoms with Gasteiger partial charge in [0.25, 0.3) is 0 Å². The van der Waals surface area contributed by atoms with E-state index in [-0.39, 0.29) is 11.5 Å². The second-order valence-electron chi connectivity index (χ2n) is 5.89. The summed E-state index contributed by atoms with van der Waals surface area (Å²) >= 11 is 0. The van der Waals surface area contributed by atoms with Crippen molar-refractivity contribution in [3.05, 3.63) is 0 Å². The van der Waals surface area contributed by atoms with Gasteiger partial charge in [-0.1, -0.05) is 20.8 Å². The zero-order chi connectivity index (χ0) is 11.9. The molecule has 88 valence electrons. The van der Waals surface area contributed by atoms with Crippen LogP contribution in [0.15, 0.2) is 0 Å². The van der Waals surface area contributed by atoms with Crippen molar-refractivity contribution in [2.45, 2.75) is 52.8 Å². The average Bonchev–Trinajstić information content (AvgIpc) is 2.77. The second-order valence-corrected chi connectivity index (χ2v) is 8.26. The molecule has 1 aliphatic rings. The van der Waals surface area contributed by atoms with Crippen LogP contribution >= 0.6 is 0 Å². The molecule has 1 unspecified atom stereocenters. The number of aliphatic carboxylic acids is 1. The van der Waals surface area contributed by atoms with Crippen LogP contribution in [0.4, 0.5) is 0 Å². The summed E-state index contributed by atoms with van der Waals surface area (Å²) in [5.41, 5.74) is -0.679. The molecule has 1 aliphatic carbocycles. The zero-order valence-corrected chi connectivity index (χ0v) is 11.5. The molecule has 0 aromatic rings. The van der Waals surface area contributed by atoms with Crippen LogP contribution in [0.1, 0.15) is 33.6 Å². The smallest absolute Gasteiger partial charge is 0.312 e. The van der Waals surface area contributed by atoms with E-state index in [1.165, 1.54) is 0 Å². The highest BCUT2D eigenvalue weighted by Gasteiger charge is 2.60. The molecule has 0 aliphatic heterocycles. The summed E-state index contributed by atoms with van der Waals surface area (Å²) in [5.74, 6) is -0.683. The Morgan fingerprint density at radius 1 is 1.40 bits per heavy atom. The van der Waals surface area contributed by atoms with Crippen molar-refractivity contribution in [1.29, 1.82) is 0 Å². The fraction of sp³-hybridized carbons (Fsp3) is 0.909. The third kappa shape index (κ3) is 2.61. The van der Waals surface area contributed by atoms with Crippen LogP contribution in [0.25, 0.3) is 0 Å². The molecule has 3 nitrogen and oxygen atoms in total. The van der Waals surface area contributed by atoms with E-state index in [0.717, 1.165) is 12.8 Å². The molecule has 0 spiro atoms.